The Bertz CT molecular complexity index is 754. The van der Waals surface area contributed by atoms with Gasteiger partial charge in [-0.25, -0.2) is 9.48 Å². The molecule has 0 fully saturated rings. The Balaban J connectivity index is 2.07. The molecule has 0 radical (unpaired) electrons. The van der Waals surface area contributed by atoms with E-state index in [4.69, 9.17) is 0 Å². The molecule has 0 saturated heterocycles. The van der Waals surface area contributed by atoms with Crippen LogP contribution in [0.3, 0.4) is 0 Å². The zero-order valence-electron chi connectivity index (χ0n) is 11.0. The van der Waals surface area contributed by atoms with Crippen molar-refractivity contribution in [3.05, 3.63) is 66.1 Å². The second-order valence-corrected chi connectivity index (χ2v) is 4.47. The van der Waals surface area contributed by atoms with E-state index in [-0.39, 0.29) is 5.69 Å². The highest BCUT2D eigenvalue weighted by Gasteiger charge is 2.20. The average Bonchev–Trinajstić information content (AvgIpc) is 2.93. The third kappa shape index (κ3) is 2.64. The van der Waals surface area contributed by atoms with Gasteiger partial charge in [0.1, 0.15) is 5.69 Å². The van der Waals surface area contributed by atoms with Gasteiger partial charge in [-0.05, 0) is 17.7 Å². The largest absolute Gasteiger partial charge is 0.476 e. The number of benzene rings is 1. The molecule has 6 nitrogen and oxygen atoms in total. The first kappa shape index (κ1) is 13.0. The van der Waals surface area contributed by atoms with Crippen LogP contribution in [0.2, 0.25) is 0 Å². The monoisotopic (exact) mass is 280 g/mol. The Labute approximate surface area is 120 Å². The van der Waals surface area contributed by atoms with Crippen molar-refractivity contribution in [1.29, 1.82) is 0 Å². The molecule has 0 saturated carbocycles. The third-order valence-electron chi connectivity index (χ3n) is 3.07. The number of nitrogens with zero attached hydrogens (tertiary/aromatic N) is 4. The smallest absolute Gasteiger partial charge is 0.358 e. The number of carboxylic acids is 1. The molecule has 1 aromatic carbocycles. The average molecular weight is 280 g/mol. The van der Waals surface area contributed by atoms with Crippen molar-refractivity contribution in [2.45, 2.75) is 6.54 Å². The lowest BCUT2D eigenvalue weighted by atomic mass is 10.1. The van der Waals surface area contributed by atoms with Crippen LogP contribution >= 0.6 is 0 Å². The van der Waals surface area contributed by atoms with E-state index in [1.165, 1.54) is 0 Å². The van der Waals surface area contributed by atoms with Gasteiger partial charge in [0, 0.05) is 18.0 Å². The third-order valence-corrected chi connectivity index (χ3v) is 3.07. The normalized spacial score (nSPS) is 10.5. The van der Waals surface area contributed by atoms with Crippen molar-refractivity contribution in [3.63, 3.8) is 0 Å². The summed E-state index contributed by atoms with van der Waals surface area (Å²) in [5.41, 5.74) is 2.17. The fourth-order valence-corrected chi connectivity index (χ4v) is 2.12. The standard InChI is InChI=1S/C15H12N4O2/c20-15(21)13-14(12-6-8-16-9-7-12)19(18-17-13)10-11-4-2-1-3-5-11/h1-9H,10H2,(H,20,21). The van der Waals surface area contributed by atoms with E-state index in [1.807, 2.05) is 30.3 Å². The van der Waals surface area contributed by atoms with Crippen LogP contribution in [0.1, 0.15) is 16.1 Å². The van der Waals surface area contributed by atoms with E-state index in [0.29, 0.717) is 12.2 Å². The van der Waals surface area contributed by atoms with Crippen molar-refractivity contribution >= 4 is 5.97 Å². The molecular formula is C15H12N4O2. The molecule has 2 aromatic heterocycles. The molecule has 21 heavy (non-hydrogen) atoms. The van der Waals surface area contributed by atoms with Crippen LogP contribution in [0.15, 0.2) is 54.9 Å². The summed E-state index contributed by atoms with van der Waals surface area (Å²) in [6.45, 7) is 0.457. The van der Waals surface area contributed by atoms with Gasteiger partial charge >= 0.3 is 5.97 Å². The Morgan fingerprint density at radius 1 is 1.10 bits per heavy atom. The second-order valence-electron chi connectivity index (χ2n) is 4.47. The molecule has 0 bridgehead atoms. The number of aromatic nitrogens is 4. The Hall–Kier alpha value is -3.02. The van der Waals surface area contributed by atoms with E-state index in [9.17, 15) is 9.90 Å². The molecule has 2 heterocycles. The van der Waals surface area contributed by atoms with Gasteiger partial charge < -0.3 is 5.11 Å². The van der Waals surface area contributed by atoms with Crippen LogP contribution in [0.25, 0.3) is 11.3 Å². The molecule has 0 spiro atoms. The van der Waals surface area contributed by atoms with Crippen LogP contribution < -0.4 is 0 Å². The van der Waals surface area contributed by atoms with E-state index < -0.39 is 5.97 Å². The summed E-state index contributed by atoms with van der Waals surface area (Å²) >= 11 is 0. The van der Waals surface area contributed by atoms with Gasteiger partial charge in [-0.3, -0.25) is 4.98 Å². The second kappa shape index (κ2) is 5.54. The summed E-state index contributed by atoms with van der Waals surface area (Å²) in [6, 6.07) is 13.2. The molecule has 0 aliphatic carbocycles. The first-order chi connectivity index (χ1) is 10.3. The summed E-state index contributed by atoms with van der Waals surface area (Å²) in [5.74, 6) is -1.10. The summed E-state index contributed by atoms with van der Waals surface area (Å²) in [4.78, 5) is 15.3. The van der Waals surface area contributed by atoms with Crippen LogP contribution in [0, 0.1) is 0 Å². The highest BCUT2D eigenvalue weighted by atomic mass is 16.4. The molecule has 0 atom stereocenters. The molecule has 3 aromatic rings. The lowest BCUT2D eigenvalue weighted by Crippen LogP contribution is -2.06. The number of hydrogen-bond donors (Lipinski definition) is 1. The Kier molecular flexibility index (Phi) is 3.42. The molecule has 1 N–H and O–H groups in total. The lowest BCUT2D eigenvalue weighted by molar-refractivity contribution is 0.0691. The van der Waals surface area contributed by atoms with Crippen molar-refractivity contribution in [3.8, 4) is 11.3 Å². The minimum atomic E-state index is -1.10. The van der Waals surface area contributed by atoms with Gasteiger partial charge in [0.05, 0.1) is 6.54 Å². The van der Waals surface area contributed by atoms with Gasteiger partial charge in [0.25, 0.3) is 0 Å². The minimum Gasteiger partial charge on any atom is -0.476 e. The lowest BCUT2D eigenvalue weighted by Gasteiger charge is -2.07. The maximum Gasteiger partial charge on any atom is 0.358 e. The molecule has 6 heteroatoms. The molecule has 0 aliphatic heterocycles. The van der Waals surface area contributed by atoms with Crippen LogP contribution in [-0.2, 0) is 6.54 Å². The number of pyridine rings is 1. The Morgan fingerprint density at radius 3 is 2.48 bits per heavy atom. The van der Waals surface area contributed by atoms with Gasteiger partial charge in [0.2, 0.25) is 0 Å². The zero-order chi connectivity index (χ0) is 14.7. The molecule has 0 aliphatic rings. The first-order valence-electron chi connectivity index (χ1n) is 6.37. The molecule has 104 valence electrons. The van der Waals surface area contributed by atoms with E-state index in [1.54, 1.807) is 29.2 Å². The van der Waals surface area contributed by atoms with Crippen molar-refractivity contribution in [2.24, 2.45) is 0 Å². The quantitative estimate of drug-likeness (QED) is 0.791. The SMILES string of the molecule is O=C(O)c1nnn(Cc2ccccc2)c1-c1ccncc1. The summed E-state index contributed by atoms with van der Waals surface area (Å²) < 4.78 is 1.59. The van der Waals surface area contributed by atoms with Gasteiger partial charge in [0.15, 0.2) is 5.69 Å². The minimum absolute atomic E-state index is 0.0582. The van der Waals surface area contributed by atoms with Crippen LogP contribution in [0.4, 0.5) is 0 Å². The van der Waals surface area contributed by atoms with E-state index >= 15 is 0 Å². The van der Waals surface area contributed by atoms with Crippen molar-refractivity contribution in [2.75, 3.05) is 0 Å². The highest BCUT2D eigenvalue weighted by molar-refractivity contribution is 5.92. The predicted molar refractivity (Wildman–Crippen MR) is 75.8 cm³/mol. The van der Waals surface area contributed by atoms with Gasteiger partial charge in [-0.1, -0.05) is 35.5 Å². The maximum absolute atomic E-state index is 11.3. The molecule has 3 rings (SSSR count). The number of aromatic carboxylic acids is 1. The van der Waals surface area contributed by atoms with E-state index in [2.05, 4.69) is 15.3 Å². The van der Waals surface area contributed by atoms with Crippen LogP contribution in [0.5, 0.6) is 0 Å². The van der Waals surface area contributed by atoms with Gasteiger partial charge in [-0.2, -0.15) is 0 Å². The molecule has 0 amide bonds. The fraction of sp³-hybridized carbons (Fsp3) is 0.0667. The number of hydrogen-bond acceptors (Lipinski definition) is 4. The molecule has 0 unspecified atom stereocenters. The fourth-order valence-electron chi connectivity index (χ4n) is 2.12. The maximum atomic E-state index is 11.3. The highest BCUT2D eigenvalue weighted by Crippen LogP contribution is 2.22. The zero-order valence-corrected chi connectivity index (χ0v) is 11.0. The number of carbonyl (C=O) groups is 1. The predicted octanol–water partition coefficient (Wildman–Crippen LogP) is 2.09. The van der Waals surface area contributed by atoms with Crippen molar-refractivity contribution < 1.29 is 9.90 Å². The number of carboxylic acid groups (broad SMARTS) is 1. The summed E-state index contributed by atoms with van der Waals surface area (Å²) in [5, 5.41) is 17.0. The topological polar surface area (TPSA) is 80.9 Å². The number of rotatable bonds is 4. The van der Waals surface area contributed by atoms with Gasteiger partial charge in [-0.15, -0.1) is 5.10 Å². The van der Waals surface area contributed by atoms with Crippen LogP contribution in [-0.4, -0.2) is 31.1 Å². The molecular weight excluding hydrogens is 268 g/mol. The summed E-state index contributed by atoms with van der Waals surface area (Å²) in [7, 11) is 0. The Morgan fingerprint density at radius 2 is 1.81 bits per heavy atom. The summed E-state index contributed by atoms with van der Waals surface area (Å²) in [6.07, 6.45) is 3.22. The first-order valence-corrected chi connectivity index (χ1v) is 6.37. The van der Waals surface area contributed by atoms with Crippen molar-refractivity contribution in [1.82, 2.24) is 20.0 Å². The van der Waals surface area contributed by atoms with E-state index in [0.717, 1.165) is 11.1 Å².